The highest BCUT2D eigenvalue weighted by Gasteiger charge is 2.37. The van der Waals surface area contributed by atoms with Crippen molar-refractivity contribution in [2.45, 2.75) is 83.3 Å². The molecule has 4 rings (SSSR count). The van der Waals surface area contributed by atoms with Crippen LogP contribution < -0.4 is 5.32 Å². The average molecular weight is 338 g/mol. The van der Waals surface area contributed by atoms with Crippen LogP contribution >= 0.6 is 0 Å². The van der Waals surface area contributed by atoms with Crippen molar-refractivity contribution in [2.24, 2.45) is 0 Å². The zero-order chi connectivity index (χ0) is 17.7. The van der Waals surface area contributed by atoms with Gasteiger partial charge in [0.2, 0.25) is 0 Å². The molecule has 134 valence electrons. The van der Waals surface area contributed by atoms with Crippen LogP contribution in [0.4, 0.5) is 0 Å². The smallest absolute Gasteiger partial charge is 0.0721 e. The largest absolute Gasteiger partial charge is 0.306 e. The van der Waals surface area contributed by atoms with Crippen LogP contribution in [-0.2, 0) is 12.8 Å². The van der Waals surface area contributed by atoms with Crippen molar-refractivity contribution >= 4 is 0 Å². The van der Waals surface area contributed by atoms with E-state index in [2.05, 4.69) is 68.0 Å². The van der Waals surface area contributed by atoms with Crippen molar-refractivity contribution in [3.63, 3.8) is 0 Å². The Morgan fingerprint density at radius 1 is 0.960 bits per heavy atom. The van der Waals surface area contributed by atoms with E-state index in [-0.39, 0.29) is 11.1 Å². The number of hydrogen-bond donors (Lipinski definition) is 1. The zero-order valence-corrected chi connectivity index (χ0v) is 16.1. The molecular formula is C22H31N3. The van der Waals surface area contributed by atoms with E-state index in [1.807, 2.05) is 0 Å². The molecule has 2 aromatic rings. The number of fused-ring (bicyclic) bond motifs is 1. The van der Waals surface area contributed by atoms with Crippen molar-refractivity contribution in [3.8, 4) is 11.3 Å². The van der Waals surface area contributed by atoms with Gasteiger partial charge in [0.15, 0.2) is 0 Å². The highest BCUT2D eigenvalue weighted by Crippen LogP contribution is 2.39. The fourth-order valence-corrected chi connectivity index (χ4v) is 5.02. The SMILES string of the molecule is CC1(C)Cc2nn(C3CCCC3)c(-c3ccccc3)c2CC(C)(C)N1. The second-order valence-corrected chi connectivity index (χ2v) is 9.27. The van der Waals surface area contributed by atoms with Gasteiger partial charge in [-0.1, -0.05) is 43.2 Å². The Balaban J connectivity index is 1.90. The van der Waals surface area contributed by atoms with Crippen LogP contribution in [0.25, 0.3) is 11.3 Å². The summed E-state index contributed by atoms with van der Waals surface area (Å²) in [6.45, 7) is 9.26. The molecule has 1 aromatic carbocycles. The predicted molar refractivity (Wildman–Crippen MR) is 104 cm³/mol. The van der Waals surface area contributed by atoms with Gasteiger partial charge in [-0.15, -0.1) is 0 Å². The predicted octanol–water partition coefficient (Wildman–Crippen LogP) is 4.91. The first-order chi connectivity index (χ1) is 11.8. The minimum Gasteiger partial charge on any atom is -0.306 e. The molecular weight excluding hydrogens is 306 g/mol. The topological polar surface area (TPSA) is 29.9 Å². The molecule has 0 bridgehead atoms. The molecule has 3 nitrogen and oxygen atoms in total. The quantitative estimate of drug-likeness (QED) is 0.844. The van der Waals surface area contributed by atoms with E-state index in [1.165, 1.54) is 48.2 Å². The molecule has 0 amide bonds. The van der Waals surface area contributed by atoms with Crippen LogP contribution in [0.5, 0.6) is 0 Å². The number of hydrogen-bond acceptors (Lipinski definition) is 2. The van der Waals surface area contributed by atoms with Gasteiger partial charge in [-0.25, -0.2) is 0 Å². The molecule has 1 aliphatic carbocycles. The van der Waals surface area contributed by atoms with Gasteiger partial charge in [0.1, 0.15) is 0 Å². The molecule has 0 atom stereocenters. The van der Waals surface area contributed by atoms with E-state index in [0.29, 0.717) is 6.04 Å². The summed E-state index contributed by atoms with van der Waals surface area (Å²) in [6.07, 6.45) is 7.23. The van der Waals surface area contributed by atoms with E-state index in [1.54, 1.807) is 0 Å². The van der Waals surface area contributed by atoms with Crippen molar-refractivity contribution < 1.29 is 0 Å². The second kappa shape index (κ2) is 5.98. The van der Waals surface area contributed by atoms with Crippen LogP contribution in [0.3, 0.4) is 0 Å². The van der Waals surface area contributed by atoms with E-state index >= 15 is 0 Å². The molecule has 0 unspecified atom stereocenters. The molecule has 1 N–H and O–H groups in total. The van der Waals surface area contributed by atoms with Gasteiger partial charge in [-0.2, -0.15) is 5.10 Å². The molecule has 0 spiro atoms. The van der Waals surface area contributed by atoms with Crippen molar-refractivity contribution in [1.82, 2.24) is 15.1 Å². The third kappa shape index (κ3) is 3.27. The summed E-state index contributed by atoms with van der Waals surface area (Å²) < 4.78 is 2.39. The van der Waals surface area contributed by atoms with Gasteiger partial charge in [-0.3, -0.25) is 4.68 Å². The Hall–Kier alpha value is -1.61. The summed E-state index contributed by atoms with van der Waals surface area (Å²) in [5, 5.41) is 9.05. The van der Waals surface area contributed by atoms with Crippen molar-refractivity contribution in [1.29, 1.82) is 0 Å². The Bertz CT molecular complexity index is 749. The number of rotatable bonds is 2. The average Bonchev–Trinajstić information content (AvgIpc) is 3.13. The molecule has 2 aliphatic rings. The summed E-state index contributed by atoms with van der Waals surface area (Å²) in [4.78, 5) is 0. The molecule has 1 fully saturated rings. The standard InChI is InChI=1S/C22H31N3/c1-21(2)14-18-19(15-22(3,4)24-21)23-25(17-12-8-9-13-17)20(18)16-10-6-5-7-11-16/h5-7,10-11,17,24H,8-9,12-15H2,1-4H3. The first kappa shape index (κ1) is 16.8. The Morgan fingerprint density at radius 2 is 1.60 bits per heavy atom. The third-order valence-corrected chi connectivity index (χ3v) is 5.71. The lowest BCUT2D eigenvalue weighted by Gasteiger charge is -2.34. The molecule has 3 heteroatoms. The van der Waals surface area contributed by atoms with Gasteiger partial charge in [-0.05, 0) is 47.0 Å². The van der Waals surface area contributed by atoms with Crippen LogP contribution in [0.1, 0.15) is 70.7 Å². The maximum Gasteiger partial charge on any atom is 0.0721 e. The van der Waals surface area contributed by atoms with Crippen LogP contribution in [0.2, 0.25) is 0 Å². The van der Waals surface area contributed by atoms with Gasteiger partial charge in [0, 0.05) is 28.6 Å². The summed E-state index contributed by atoms with van der Waals surface area (Å²) >= 11 is 0. The first-order valence-electron chi connectivity index (χ1n) is 9.80. The van der Waals surface area contributed by atoms with E-state index in [9.17, 15) is 0 Å². The van der Waals surface area contributed by atoms with E-state index in [0.717, 1.165) is 12.8 Å². The summed E-state index contributed by atoms with van der Waals surface area (Å²) in [5.74, 6) is 0. The van der Waals surface area contributed by atoms with E-state index < -0.39 is 0 Å². The van der Waals surface area contributed by atoms with Crippen LogP contribution in [-0.4, -0.2) is 20.9 Å². The van der Waals surface area contributed by atoms with Crippen LogP contribution in [0.15, 0.2) is 30.3 Å². The molecule has 1 aliphatic heterocycles. The number of nitrogens with one attached hydrogen (secondary N) is 1. The lowest BCUT2D eigenvalue weighted by Crippen LogP contribution is -2.52. The van der Waals surface area contributed by atoms with Gasteiger partial charge in [0.25, 0.3) is 0 Å². The molecule has 0 radical (unpaired) electrons. The molecule has 0 saturated heterocycles. The lowest BCUT2D eigenvalue weighted by atomic mass is 9.92. The fourth-order valence-electron chi connectivity index (χ4n) is 5.02. The molecule has 25 heavy (non-hydrogen) atoms. The maximum absolute atomic E-state index is 5.21. The third-order valence-electron chi connectivity index (χ3n) is 5.71. The minimum absolute atomic E-state index is 0.0670. The molecule has 1 saturated carbocycles. The monoisotopic (exact) mass is 337 g/mol. The van der Waals surface area contributed by atoms with E-state index in [4.69, 9.17) is 5.10 Å². The molecule has 1 aromatic heterocycles. The fraction of sp³-hybridized carbons (Fsp3) is 0.591. The minimum atomic E-state index is 0.0670. The number of nitrogens with zero attached hydrogens (tertiary/aromatic N) is 2. The summed E-state index contributed by atoms with van der Waals surface area (Å²) in [7, 11) is 0. The van der Waals surface area contributed by atoms with Crippen molar-refractivity contribution in [2.75, 3.05) is 0 Å². The second-order valence-electron chi connectivity index (χ2n) is 9.27. The summed E-state index contributed by atoms with van der Waals surface area (Å²) in [6, 6.07) is 11.5. The number of benzene rings is 1. The number of aromatic nitrogens is 2. The normalized spacial score (nSPS) is 22.6. The first-order valence-corrected chi connectivity index (χ1v) is 9.80. The Labute approximate surface area is 151 Å². The van der Waals surface area contributed by atoms with Crippen molar-refractivity contribution in [3.05, 3.63) is 41.6 Å². The highest BCUT2D eigenvalue weighted by atomic mass is 15.3. The van der Waals surface area contributed by atoms with Gasteiger partial charge < -0.3 is 5.32 Å². The Morgan fingerprint density at radius 3 is 2.28 bits per heavy atom. The maximum atomic E-state index is 5.21. The lowest BCUT2D eigenvalue weighted by molar-refractivity contribution is 0.271. The Kier molecular flexibility index (Phi) is 4.03. The highest BCUT2D eigenvalue weighted by molar-refractivity contribution is 5.65. The van der Waals surface area contributed by atoms with Gasteiger partial charge in [0.05, 0.1) is 17.4 Å². The zero-order valence-electron chi connectivity index (χ0n) is 16.1. The van der Waals surface area contributed by atoms with Gasteiger partial charge >= 0.3 is 0 Å². The molecule has 2 heterocycles. The summed E-state index contributed by atoms with van der Waals surface area (Å²) in [5.41, 5.74) is 5.59. The van der Waals surface area contributed by atoms with Crippen LogP contribution in [0, 0.1) is 0 Å².